The number of methoxy groups -OCH3 is 1. The fourth-order valence-electron chi connectivity index (χ4n) is 3.20. The molecule has 2 aliphatic rings. The van der Waals surface area contributed by atoms with E-state index in [4.69, 9.17) is 14.2 Å². The molecule has 1 N–H and O–H groups in total. The monoisotopic (exact) mass is 320 g/mol. The average Bonchev–Trinajstić information content (AvgIpc) is 3.19. The third kappa shape index (κ3) is 3.90. The van der Waals surface area contributed by atoms with Crippen molar-refractivity contribution in [2.45, 2.75) is 18.3 Å². The molecule has 2 heterocycles. The summed E-state index contributed by atoms with van der Waals surface area (Å²) in [6, 6.07) is 9.52. The molecule has 1 unspecified atom stereocenters. The zero-order valence-corrected chi connectivity index (χ0v) is 13.5. The number of hydrogen-bond donors (Lipinski definition) is 1. The number of carbonyl (C=O) groups excluding carboxylic acids is 1. The van der Waals surface area contributed by atoms with Gasteiger partial charge in [-0.15, -0.1) is 0 Å². The minimum atomic E-state index is -0.567. The summed E-state index contributed by atoms with van der Waals surface area (Å²) in [5, 5.41) is 2.95. The van der Waals surface area contributed by atoms with Crippen molar-refractivity contribution < 1.29 is 19.0 Å². The van der Waals surface area contributed by atoms with E-state index < -0.39 is 11.9 Å². The molecule has 1 aromatic carbocycles. The highest BCUT2D eigenvalue weighted by molar-refractivity contribution is 5.82. The first-order valence-corrected chi connectivity index (χ1v) is 8.08. The lowest BCUT2D eigenvalue weighted by atomic mass is 10.1. The van der Waals surface area contributed by atoms with Gasteiger partial charge in [-0.1, -0.05) is 30.3 Å². The number of likely N-dealkylation sites (tertiary alicyclic amines) is 1. The van der Waals surface area contributed by atoms with Crippen LogP contribution in [0.3, 0.4) is 0 Å². The molecule has 23 heavy (non-hydrogen) atoms. The Morgan fingerprint density at radius 1 is 1.35 bits per heavy atom. The van der Waals surface area contributed by atoms with Gasteiger partial charge in [0.2, 0.25) is 0 Å². The fraction of sp³-hybridized carbons (Fsp3) is 0.588. The van der Waals surface area contributed by atoms with Crippen LogP contribution in [0.4, 0.5) is 0 Å². The number of nitrogens with zero attached hydrogens (tertiary/aromatic N) is 1. The Morgan fingerprint density at radius 2 is 2.09 bits per heavy atom. The third-order valence-electron chi connectivity index (χ3n) is 4.39. The van der Waals surface area contributed by atoms with Crippen LogP contribution in [0.25, 0.3) is 0 Å². The summed E-state index contributed by atoms with van der Waals surface area (Å²) in [5.74, 6) is -0.510. The second-order valence-corrected chi connectivity index (χ2v) is 5.95. The van der Waals surface area contributed by atoms with E-state index >= 15 is 0 Å². The predicted molar refractivity (Wildman–Crippen MR) is 84.9 cm³/mol. The Kier molecular flexibility index (Phi) is 5.27. The van der Waals surface area contributed by atoms with E-state index in [-0.39, 0.29) is 5.91 Å². The maximum Gasteiger partial charge on any atom is 0.253 e. The molecule has 1 aromatic rings. The van der Waals surface area contributed by atoms with Crippen LogP contribution in [0.15, 0.2) is 30.3 Å². The van der Waals surface area contributed by atoms with Crippen LogP contribution in [0.5, 0.6) is 0 Å². The molecule has 1 atom stereocenters. The van der Waals surface area contributed by atoms with Gasteiger partial charge in [-0.3, -0.25) is 9.69 Å². The Morgan fingerprint density at radius 3 is 2.78 bits per heavy atom. The predicted octanol–water partition coefficient (Wildman–Crippen LogP) is 0.939. The van der Waals surface area contributed by atoms with Gasteiger partial charge < -0.3 is 19.5 Å². The Bertz CT molecular complexity index is 517. The van der Waals surface area contributed by atoms with E-state index in [2.05, 4.69) is 10.2 Å². The number of amides is 1. The van der Waals surface area contributed by atoms with Crippen molar-refractivity contribution in [1.29, 1.82) is 0 Å². The van der Waals surface area contributed by atoms with E-state index in [9.17, 15) is 4.79 Å². The van der Waals surface area contributed by atoms with Gasteiger partial charge in [-0.05, 0) is 5.56 Å². The normalized spacial score (nSPS) is 21.6. The quantitative estimate of drug-likeness (QED) is 0.845. The zero-order valence-electron chi connectivity index (χ0n) is 13.5. The van der Waals surface area contributed by atoms with Crippen LogP contribution in [-0.2, 0) is 19.0 Å². The van der Waals surface area contributed by atoms with Gasteiger partial charge in [0, 0.05) is 33.2 Å². The number of hydrogen-bond acceptors (Lipinski definition) is 5. The number of ether oxygens (including phenoxy) is 3. The lowest BCUT2D eigenvalue weighted by Gasteiger charge is -2.22. The summed E-state index contributed by atoms with van der Waals surface area (Å²) < 4.78 is 16.7. The molecule has 3 rings (SSSR count). The van der Waals surface area contributed by atoms with E-state index in [1.54, 1.807) is 7.11 Å². The molecule has 6 nitrogen and oxygen atoms in total. The largest absolute Gasteiger partial charge is 0.367 e. The van der Waals surface area contributed by atoms with Crippen LogP contribution in [0, 0.1) is 0 Å². The highest BCUT2D eigenvalue weighted by Crippen LogP contribution is 2.29. The molecule has 0 aromatic heterocycles. The number of carbonyl (C=O) groups is 1. The number of nitrogens with one attached hydrogen (secondary N) is 1. The molecule has 2 aliphatic heterocycles. The average molecular weight is 320 g/mol. The first-order valence-electron chi connectivity index (χ1n) is 8.08. The minimum absolute atomic E-state index is 0.110. The van der Waals surface area contributed by atoms with Crippen molar-refractivity contribution in [3.05, 3.63) is 35.9 Å². The first kappa shape index (κ1) is 16.4. The standard InChI is InChI=1S/C17H24N2O4/c1-21-15(14-5-3-2-4-6-14)16(20)18-8-10-19-9-7-17(13-19)22-11-12-23-17/h2-6,15H,7-13H2,1H3,(H,18,20). The molecule has 2 fully saturated rings. The summed E-state index contributed by atoms with van der Waals surface area (Å²) in [6.07, 6.45) is 0.327. The Hall–Kier alpha value is -1.47. The smallest absolute Gasteiger partial charge is 0.253 e. The van der Waals surface area contributed by atoms with Crippen molar-refractivity contribution in [3.8, 4) is 0 Å². The third-order valence-corrected chi connectivity index (χ3v) is 4.39. The van der Waals surface area contributed by atoms with Gasteiger partial charge in [0.25, 0.3) is 5.91 Å². The summed E-state index contributed by atoms with van der Waals surface area (Å²) >= 11 is 0. The van der Waals surface area contributed by atoms with Crippen molar-refractivity contribution in [1.82, 2.24) is 10.2 Å². The van der Waals surface area contributed by atoms with Crippen molar-refractivity contribution in [2.75, 3.05) is 46.5 Å². The minimum Gasteiger partial charge on any atom is -0.367 e. The SMILES string of the molecule is COC(C(=O)NCCN1CCC2(C1)OCCO2)c1ccccc1. The molecule has 1 spiro atoms. The number of rotatable bonds is 6. The van der Waals surface area contributed by atoms with Crippen LogP contribution < -0.4 is 5.32 Å². The van der Waals surface area contributed by atoms with Gasteiger partial charge in [0.05, 0.1) is 19.8 Å². The van der Waals surface area contributed by atoms with Crippen LogP contribution in [0.2, 0.25) is 0 Å². The summed E-state index contributed by atoms with van der Waals surface area (Å²) in [7, 11) is 1.55. The Balaban J connectivity index is 1.44. The fourth-order valence-corrected chi connectivity index (χ4v) is 3.20. The van der Waals surface area contributed by atoms with Gasteiger partial charge in [-0.2, -0.15) is 0 Å². The molecule has 1 amide bonds. The molecule has 0 aliphatic carbocycles. The van der Waals surface area contributed by atoms with Crippen molar-refractivity contribution >= 4 is 5.91 Å². The molecule has 0 radical (unpaired) electrons. The molecule has 126 valence electrons. The summed E-state index contributed by atoms with van der Waals surface area (Å²) in [4.78, 5) is 14.6. The van der Waals surface area contributed by atoms with Crippen LogP contribution in [-0.4, -0.2) is 63.1 Å². The first-order chi connectivity index (χ1) is 11.2. The second kappa shape index (κ2) is 7.40. The lowest BCUT2D eigenvalue weighted by Crippen LogP contribution is -2.39. The highest BCUT2D eigenvalue weighted by atomic mass is 16.7. The molecular weight excluding hydrogens is 296 g/mol. The zero-order chi connectivity index (χ0) is 16.1. The maximum absolute atomic E-state index is 12.3. The second-order valence-electron chi connectivity index (χ2n) is 5.95. The summed E-state index contributed by atoms with van der Waals surface area (Å²) in [5.41, 5.74) is 0.861. The van der Waals surface area contributed by atoms with E-state index in [0.717, 1.165) is 31.6 Å². The molecule has 2 saturated heterocycles. The Labute approximate surface area is 136 Å². The van der Waals surface area contributed by atoms with Gasteiger partial charge >= 0.3 is 0 Å². The molecule has 0 bridgehead atoms. The maximum atomic E-state index is 12.3. The van der Waals surface area contributed by atoms with E-state index in [1.165, 1.54) is 0 Å². The molecular formula is C17H24N2O4. The topological polar surface area (TPSA) is 60.0 Å². The van der Waals surface area contributed by atoms with Gasteiger partial charge in [0.1, 0.15) is 0 Å². The lowest BCUT2D eigenvalue weighted by molar-refractivity contribution is -0.145. The van der Waals surface area contributed by atoms with Crippen LogP contribution in [0.1, 0.15) is 18.1 Å². The van der Waals surface area contributed by atoms with Crippen molar-refractivity contribution in [3.63, 3.8) is 0 Å². The van der Waals surface area contributed by atoms with E-state index in [1.807, 2.05) is 30.3 Å². The molecule has 0 saturated carbocycles. The summed E-state index contributed by atoms with van der Waals surface area (Å²) in [6.45, 7) is 4.43. The van der Waals surface area contributed by atoms with Gasteiger partial charge in [0.15, 0.2) is 11.9 Å². The van der Waals surface area contributed by atoms with Crippen molar-refractivity contribution in [2.24, 2.45) is 0 Å². The highest BCUT2D eigenvalue weighted by Gasteiger charge is 2.42. The number of benzene rings is 1. The molecule has 6 heteroatoms. The van der Waals surface area contributed by atoms with Crippen LogP contribution >= 0.6 is 0 Å². The van der Waals surface area contributed by atoms with E-state index in [0.29, 0.717) is 19.8 Å². The van der Waals surface area contributed by atoms with Gasteiger partial charge in [-0.25, -0.2) is 0 Å².